The molecule has 0 radical (unpaired) electrons. The first kappa shape index (κ1) is 22.1. The van der Waals surface area contributed by atoms with Gasteiger partial charge >= 0.3 is 0 Å². The Bertz CT molecular complexity index is 1040. The number of anilines is 2. The van der Waals surface area contributed by atoms with Crippen LogP contribution in [0.2, 0.25) is 0 Å². The first-order valence-corrected chi connectivity index (χ1v) is 12.0. The van der Waals surface area contributed by atoms with Crippen molar-refractivity contribution in [3.8, 4) is 11.3 Å². The molecule has 0 saturated carbocycles. The Morgan fingerprint density at radius 2 is 1.81 bits per heavy atom. The molecule has 7 nitrogen and oxygen atoms in total. The van der Waals surface area contributed by atoms with Gasteiger partial charge in [0.25, 0.3) is 0 Å². The number of hydrogen-bond donors (Lipinski definition) is 1. The highest BCUT2D eigenvalue weighted by Crippen LogP contribution is 2.25. The number of nitrogens with one attached hydrogen (secondary N) is 1. The van der Waals surface area contributed by atoms with Crippen LogP contribution in [0.5, 0.6) is 0 Å². The molecule has 1 aliphatic heterocycles. The lowest BCUT2D eigenvalue weighted by atomic mass is 10.0. The fraction of sp³-hybridized carbons (Fsp3) is 0.292. The summed E-state index contributed by atoms with van der Waals surface area (Å²) in [6.07, 6.45) is 4.09. The van der Waals surface area contributed by atoms with Crippen molar-refractivity contribution in [1.82, 2.24) is 4.98 Å². The molecular formula is C24H25N3O4S. The molecule has 0 aliphatic carbocycles. The van der Waals surface area contributed by atoms with Crippen LogP contribution < -0.4 is 10.2 Å². The van der Waals surface area contributed by atoms with E-state index in [2.05, 4.69) is 10.3 Å². The average molecular weight is 452 g/mol. The summed E-state index contributed by atoms with van der Waals surface area (Å²) in [5.41, 5.74) is 3.98. The standard InChI is InChI=1S/C24H25N3O4S/c1-17-2-8-21(9-3-17)27(24(29)19-10-12-32(30)13-11-19)14-23(28)26-20-6-4-18(5-7-20)22-15-31-16-25-22/h2-9,15-16,19H,10-14H2,1H3,(H,26,28). The van der Waals surface area contributed by atoms with Crippen molar-refractivity contribution < 1.29 is 18.6 Å². The van der Waals surface area contributed by atoms with Crippen molar-refractivity contribution >= 4 is 34.4 Å². The number of oxazole rings is 1. The number of aryl methyl sites for hydroxylation is 1. The summed E-state index contributed by atoms with van der Waals surface area (Å²) < 4.78 is 16.7. The zero-order valence-corrected chi connectivity index (χ0v) is 18.6. The molecule has 0 spiro atoms. The zero-order chi connectivity index (χ0) is 22.5. The molecule has 2 aromatic carbocycles. The molecular weight excluding hydrogens is 426 g/mol. The predicted octanol–water partition coefficient (Wildman–Crippen LogP) is 3.78. The van der Waals surface area contributed by atoms with E-state index in [1.165, 1.54) is 11.3 Å². The summed E-state index contributed by atoms with van der Waals surface area (Å²) in [7, 11) is 0. The van der Waals surface area contributed by atoms with Crippen LogP contribution in [0.3, 0.4) is 0 Å². The maximum Gasteiger partial charge on any atom is 0.244 e. The van der Waals surface area contributed by atoms with Crippen LogP contribution in [0.4, 0.5) is 11.4 Å². The van der Waals surface area contributed by atoms with Gasteiger partial charge in [0.2, 0.25) is 11.8 Å². The lowest BCUT2D eigenvalue weighted by molar-refractivity contribution is -0.124. The third-order valence-electron chi connectivity index (χ3n) is 5.55. The van der Waals surface area contributed by atoms with Crippen molar-refractivity contribution in [3.63, 3.8) is 0 Å². The largest absolute Gasteiger partial charge is 0.616 e. The van der Waals surface area contributed by atoms with E-state index in [0.717, 1.165) is 11.1 Å². The Labute approximate surface area is 190 Å². The molecule has 0 atom stereocenters. The Balaban J connectivity index is 1.46. The van der Waals surface area contributed by atoms with Gasteiger partial charge in [0, 0.05) is 35.7 Å². The molecule has 1 aromatic heterocycles. The van der Waals surface area contributed by atoms with Gasteiger partial charge in [0.1, 0.15) is 30.0 Å². The van der Waals surface area contributed by atoms with Crippen LogP contribution in [-0.2, 0) is 20.8 Å². The van der Waals surface area contributed by atoms with Crippen molar-refractivity contribution in [3.05, 3.63) is 66.8 Å². The molecule has 1 aliphatic rings. The number of nitrogens with zero attached hydrogens (tertiary/aromatic N) is 2. The monoisotopic (exact) mass is 451 g/mol. The molecule has 1 N–H and O–H groups in total. The van der Waals surface area contributed by atoms with E-state index in [9.17, 15) is 14.1 Å². The Kier molecular flexibility index (Phi) is 6.92. The molecule has 3 aromatic rings. The average Bonchev–Trinajstić information content (AvgIpc) is 3.34. The highest BCUT2D eigenvalue weighted by Gasteiger charge is 2.32. The second kappa shape index (κ2) is 10.0. The minimum absolute atomic E-state index is 0.0908. The molecule has 1 saturated heterocycles. The second-order valence-electron chi connectivity index (χ2n) is 7.88. The SMILES string of the molecule is Cc1ccc(N(CC(=O)Nc2ccc(-c3cocn3)cc2)C(=O)C2CC[S+]([O-])CC2)cc1. The number of carbonyl (C=O) groups is 2. The number of amides is 2. The van der Waals surface area contributed by atoms with Crippen LogP contribution in [-0.4, -0.2) is 39.4 Å². The fourth-order valence-corrected chi connectivity index (χ4v) is 5.00. The van der Waals surface area contributed by atoms with Crippen LogP contribution in [0.1, 0.15) is 18.4 Å². The molecule has 2 heterocycles. The van der Waals surface area contributed by atoms with Gasteiger partial charge in [-0.2, -0.15) is 0 Å². The minimum Gasteiger partial charge on any atom is -0.616 e. The van der Waals surface area contributed by atoms with E-state index in [1.807, 2.05) is 43.3 Å². The first-order valence-electron chi connectivity index (χ1n) is 10.5. The van der Waals surface area contributed by atoms with Gasteiger partial charge in [0.15, 0.2) is 6.39 Å². The summed E-state index contributed by atoms with van der Waals surface area (Å²) in [4.78, 5) is 31.8. The quantitative estimate of drug-likeness (QED) is 0.575. The minimum atomic E-state index is -0.849. The molecule has 0 bridgehead atoms. The summed E-state index contributed by atoms with van der Waals surface area (Å²) in [6, 6.07) is 14.8. The molecule has 166 valence electrons. The van der Waals surface area contributed by atoms with E-state index >= 15 is 0 Å². The number of rotatable bonds is 6. The Morgan fingerprint density at radius 1 is 1.12 bits per heavy atom. The van der Waals surface area contributed by atoms with Crippen molar-refractivity contribution in [2.24, 2.45) is 5.92 Å². The summed E-state index contributed by atoms with van der Waals surface area (Å²) in [6.45, 7) is 1.88. The molecule has 2 amide bonds. The predicted molar refractivity (Wildman–Crippen MR) is 125 cm³/mol. The van der Waals surface area contributed by atoms with Gasteiger partial charge in [0.05, 0.1) is 0 Å². The molecule has 32 heavy (non-hydrogen) atoms. The summed E-state index contributed by atoms with van der Waals surface area (Å²) >= 11 is -0.849. The summed E-state index contributed by atoms with van der Waals surface area (Å²) in [5.74, 6) is 0.461. The third kappa shape index (κ3) is 5.38. The van der Waals surface area contributed by atoms with Crippen LogP contribution in [0.15, 0.2) is 65.6 Å². The van der Waals surface area contributed by atoms with Crippen molar-refractivity contribution in [1.29, 1.82) is 0 Å². The Hall–Kier alpha value is -3.10. The van der Waals surface area contributed by atoms with Crippen LogP contribution in [0.25, 0.3) is 11.3 Å². The van der Waals surface area contributed by atoms with Gasteiger partial charge in [-0.15, -0.1) is 0 Å². The third-order valence-corrected chi connectivity index (χ3v) is 6.93. The van der Waals surface area contributed by atoms with Gasteiger partial charge in [-0.3, -0.25) is 9.59 Å². The topological polar surface area (TPSA) is 98.5 Å². The normalized spacial score (nSPS) is 18.2. The van der Waals surface area contributed by atoms with Crippen molar-refractivity contribution in [2.45, 2.75) is 19.8 Å². The van der Waals surface area contributed by atoms with Gasteiger partial charge in [-0.1, -0.05) is 41.0 Å². The summed E-state index contributed by atoms with van der Waals surface area (Å²) in [5, 5.41) is 2.87. The van der Waals surface area contributed by atoms with E-state index < -0.39 is 11.2 Å². The van der Waals surface area contributed by atoms with Gasteiger partial charge in [-0.25, -0.2) is 4.98 Å². The number of carbonyl (C=O) groups excluding carboxylic acids is 2. The smallest absolute Gasteiger partial charge is 0.244 e. The Morgan fingerprint density at radius 3 is 2.44 bits per heavy atom. The van der Waals surface area contributed by atoms with E-state index in [4.69, 9.17) is 4.42 Å². The van der Waals surface area contributed by atoms with Gasteiger partial charge < -0.3 is 19.2 Å². The maximum absolute atomic E-state index is 13.3. The van der Waals surface area contributed by atoms with E-state index in [0.29, 0.717) is 41.4 Å². The molecule has 4 rings (SSSR count). The van der Waals surface area contributed by atoms with Gasteiger partial charge in [-0.05, 0) is 31.2 Å². The highest BCUT2D eigenvalue weighted by molar-refractivity contribution is 7.91. The number of aromatic nitrogens is 1. The van der Waals surface area contributed by atoms with E-state index in [1.54, 1.807) is 18.4 Å². The van der Waals surface area contributed by atoms with Crippen LogP contribution >= 0.6 is 0 Å². The van der Waals surface area contributed by atoms with Crippen molar-refractivity contribution in [2.75, 3.05) is 28.3 Å². The number of hydrogen-bond acceptors (Lipinski definition) is 5. The lowest BCUT2D eigenvalue weighted by Crippen LogP contribution is -2.43. The molecule has 8 heteroatoms. The van der Waals surface area contributed by atoms with Crippen LogP contribution in [0, 0.1) is 12.8 Å². The maximum atomic E-state index is 13.3. The fourth-order valence-electron chi connectivity index (χ4n) is 3.71. The number of benzene rings is 2. The molecule has 0 unspecified atom stereocenters. The highest BCUT2D eigenvalue weighted by atomic mass is 32.2. The first-order chi connectivity index (χ1) is 15.5. The lowest BCUT2D eigenvalue weighted by Gasteiger charge is -2.29. The second-order valence-corrected chi connectivity index (χ2v) is 9.58. The zero-order valence-electron chi connectivity index (χ0n) is 17.8. The molecule has 1 fully saturated rings. The van der Waals surface area contributed by atoms with E-state index in [-0.39, 0.29) is 24.3 Å².